The molecule has 0 aliphatic rings. The van der Waals surface area contributed by atoms with E-state index < -0.39 is 0 Å². The highest BCUT2D eigenvalue weighted by molar-refractivity contribution is 7.10. The van der Waals surface area contributed by atoms with Gasteiger partial charge in [-0.25, -0.2) is 0 Å². The first-order chi connectivity index (χ1) is 6.63. The summed E-state index contributed by atoms with van der Waals surface area (Å²) in [7, 11) is 3.61. The van der Waals surface area contributed by atoms with E-state index in [-0.39, 0.29) is 5.91 Å². The van der Waals surface area contributed by atoms with Gasteiger partial charge < -0.3 is 5.32 Å². The van der Waals surface area contributed by atoms with Gasteiger partial charge in [0.15, 0.2) is 0 Å². The fourth-order valence-electron chi connectivity index (χ4n) is 1.19. The summed E-state index contributed by atoms with van der Waals surface area (Å²) in [6.07, 6.45) is 0. The average Bonchev–Trinajstić information content (AvgIpc) is 2.51. The van der Waals surface area contributed by atoms with E-state index in [0.29, 0.717) is 6.54 Å². The fraction of sp³-hybridized carbons (Fsp3) is 0.500. The predicted octanol–water partition coefficient (Wildman–Crippen LogP) is 1.23. The zero-order valence-corrected chi connectivity index (χ0v) is 9.65. The summed E-state index contributed by atoms with van der Waals surface area (Å²) in [6, 6.07) is 2.10. The van der Waals surface area contributed by atoms with Crippen LogP contribution in [0.15, 0.2) is 11.4 Å². The highest BCUT2D eigenvalue weighted by atomic mass is 32.1. The van der Waals surface area contributed by atoms with Gasteiger partial charge in [-0.15, -0.1) is 11.3 Å². The minimum Gasteiger partial charge on any atom is -0.358 e. The molecule has 78 valence electrons. The highest BCUT2D eigenvalue weighted by Gasteiger charge is 2.07. The van der Waals surface area contributed by atoms with Crippen molar-refractivity contribution >= 4 is 17.2 Å². The molecule has 0 saturated carbocycles. The smallest absolute Gasteiger partial charge is 0.233 e. The fourth-order valence-corrected chi connectivity index (χ4v) is 2.18. The van der Waals surface area contributed by atoms with Crippen LogP contribution in [-0.4, -0.2) is 31.4 Å². The van der Waals surface area contributed by atoms with Crippen LogP contribution in [0.25, 0.3) is 0 Å². The van der Waals surface area contributed by atoms with Crippen LogP contribution in [0.2, 0.25) is 0 Å². The summed E-state index contributed by atoms with van der Waals surface area (Å²) in [5, 5.41) is 4.69. The molecule has 1 heterocycles. The van der Waals surface area contributed by atoms with Crippen LogP contribution in [0.4, 0.5) is 0 Å². The van der Waals surface area contributed by atoms with Crippen molar-refractivity contribution in [3.63, 3.8) is 0 Å². The van der Waals surface area contributed by atoms with E-state index in [9.17, 15) is 4.79 Å². The first kappa shape index (κ1) is 11.2. The number of thiophene rings is 1. The van der Waals surface area contributed by atoms with Gasteiger partial charge in [0, 0.05) is 18.5 Å². The third kappa shape index (κ3) is 3.12. The number of amides is 1. The Hall–Kier alpha value is -0.870. The topological polar surface area (TPSA) is 32.3 Å². The van der Waals surface area contributed by atoms with Gasteiger partial charge in [-0.05, 0) is 31.0 Å². The lowest BCUT2D eigenvalue weighted by atomic mass is 10.3. The Morgan fingerprint density at radius 3 is 2.86 bits per heavy atom. The molecule has 0 aliphatic carbocycles. The van der Waals surface area contributed by atoms with Crippen LogP contribution in [0.3, 0.4) is 0 Å². The van der Waals surface area contributed by atoms with E-state index in [1.54, 1.807) is 18.4 Å². The number of hydrogen-bond donors (Lipinski definition) is 1. The zero-order chi connectivity index (χ0) is 10.6. The standard InChI is InChI=1S/C10H16N2OS/c1-8-4-5-14-9(8)6-12(3)7-10(13)11-2/h4-5H,6-7H2,1-3H3,(H,11,13). The van der Waals surface area contributed by atoms with Crippen molar-refractivity contribution in [3.05, 3.63) is 21.9 Å². The molecule has 14 heavy (non-hydrogen) atoms. The van der Waals surface area contributed by atoms with Crippen LogP contribution in [0.1, 0.15) is 10.4 Å². The lowest BCUT2D eigenvalue weighted by Gasteiger charge is -2.14. The minimum absolute atomic E-state index is 0.0571. The maximum Gasteiger partial charge on any atom is 0.233 e. The normalized spacial score (nSPS) is 10.6. The van der Waals surface area contributed by atoms with Crippen molar-refractivity contribution in [3.8, 4) is 0 Å². The Bertz CT molecular complexity index is 309. The molecule has 0 radical (unpaired) electrons. The van der Waals surface area contributed by atoms with Crippen molar-refractivity contribution in [2.24, 2.45) is 0 Å². The second-order valence-corrected chi connectivity index (χ2v) is 4.37. The van der Waals surface area contributed by atoms with Gasteiger partial charge in [-0.1, -0.05) is 0 Å². The van der Waals surface area contributed by atoms with E-state index in [1.807, 2.05) is 11.9 Å². The largest absolute Gasteiger partial charge is 0.358 e. The summed E-state index contributed by atoms with van der Waals surface area (Å²) in [4.78, 5) is 14.4. The third-order valence-electron chi connectivity index (χ3n) is 2.07. The molecule has 0 unspecified atom stereocenters. The number of carbonyl (C=O) groups is 1. The second-order valence-electron chi connectivity index (χ2n) is 3.37. The van der Waals surface area contributed by atoms with Gasteiger partial charge in [0.2, 0.25) is 5.91 Å². The number of hydrogen-bond acceptors (Lipinski definition) is 3. The molecule has 3 nitrogen and oxygen atoms in total. The first-order valence-electron chi connectivity index (χ1n) is 4.55. The van der Waals surface area contributed by atoms with E-state index >= 15 is 0 Å². The van der Waals surface area contributed by atoms with Gasteiger partial charge in [-0.2, -0.15) is 0 Å². The maximum atomic E-state index is 11.1. The van der Waals surface area contributed by atoms with Gasteiger partial charge in [-0.3, -0.25) is 9.69 Å². The molecule has 1 N–H and O–H groups in total. The molecule has 0 aliphatic heterocycles. The molecule has 1 aromatic heterocycles. The number of nitrogens with one attached hydrogen (secondary N) is 1. The van der Waals surface area contributed by atoms with E-state index in [0.717, 1.165) is 6.54 Å². The van der Waals surface area contributed by atoms with Gasteiger partial charge in [0.05, 0.1) is 6.54 Å². The quantitative estimate of drug-likeness (QED) is 0.814. The summed E-state index contributed by atoms with van der Waals surface area (Å²) in [6.45, 7) is 3.39. The summed E-state index contributed by atoms with van der Waals surface area (Å²) >= 11 is 1.74. The number of likely N-dealkylation sites (N-methyl/N-ethyl adjacent to an activating group) is 2. The van der Waals surface area contributed by atoms with E-state index in [2.05, 4.69) is 23.7 Å². The molecule has 0 fully saturated rings. The molecular formula is C10H16N2OS. The number of nitrogens with zero attached hydrogens (tertiary/aromatic N) is 1. The van der Waals surface area contributed by atoms with Crippen LogP contribution >= 0.6 is 11.3 Å². The minimum atomic E-state index is 0.0571. The molecule has 1 amide bonds. The number of carbonyl (C=O) groups excluding carboxylic acids is 1. The maximum absolute atomic E-state index is 11.1. The Morgan fingerprint density at radius 2 is 2.36 bits per heavy atom. The molecule has 0 bridgehead atoms. The highest BCUT2D eigenvalue weighted by Crippen LogP contribution is 2.16. The lowest BCUT2D eigenvalue weighted by Crippen LogP contribution is -2.32. The van der Waals surface area contributed by atoms with Crippen molar-refractivity contribution < 1.29 is 4.79 Å². The molecule has 0 spiro atoms. The summed E-state index contributed by atoms with van der Waals surface area (Å²) in [5.74, 6) is 0.0571. The van der Waals surface area contributed by atoms with Gasteiger partial charge >= 0.3 is 0 Å². The lowest BCUT2D eigenvalue weighted by molar-refractivity contribution is -0.121. The van der Waals surface area contributed by atoms with Gasteiger partial charge in [0.1, 0.15) is 0 Å². The van der Waals surface area contributed by atoms with Crippen LogP contribution in [0, 0.1) is 6.92 Å². The van der Waals surface area contributed by atoms with Crippen molar-refractivity contribution in [1.82, 2.24) is 10.2 Å². The molecule has 1 rings (SSSR count). The first-order valence-corrected chi connectivity index (χ1v) is 5.43. The van der Waals surface area contributed by atoms with Gasteiger partial charge in [0.25, 0.3) is 0 Å². The van der Waals surface area contributed by atoms with E-state index in [1.165, 1.54) is 10.4 Å². The molecular weight excluding hydrogens is 196 g/mol. The van der Waals surface area contributed by atoms with E-state index in [4.69, 9.17) is 0 Å². The number of rotatable bonds is 4. The molecule has 0 atom stereocenters. The zero-order valence-electron chi connectivity index (χ0n) is 8.83. The number of aryl methyl sites for hydroxylation is 1. The second kappa shape index (κ2) is 5.12. The molecule has 1 aromatic rings. The van der Waals surface area contributed by atoms with Crippen LogP contribution < -0.4 is 5.32 Å². The van der Waals surface area contributed by atoms with Crippen LogP contribution in [-0.2, 0) is 11.3 Å². The summed E-state index contributed by atoms with van der Waals surface area (Å²) < 4.78 is 0. The SMILES string of the molecule is CNC(=O)CN(C)Cc1sccc1C. The molecule has 4 heteroatoms. The van der Waals surface area contributed by atoms with Crippen molar-refractivity contribution in [2.75, 3.05) is 20.6 Å². The van der Waals surface area contributed by atoms with Crippen molar-refractivity contribution in [1.29, 1.82) is 0 Å². The molecule has 0 aromatic carbocycles. The Labute approximate surface area is 88.7 Å². The third-order valence-corrected chi connectivity index (χ3v) is 3.08. The molecule has 0 saturated heterocycles. The Morgan fingerprint density at radius 1 is 1.64 bits per heavy atom. The van der Waals surface area contributed by atoms with Crippen LogP contribution in [0.5, 0.6) is 0 Å². The predicted molar refractivity (Wildman–Crippen MR) is 59.5 cm³/mol. The summed E-state index contributed by atoms with van der Waals surface area (Å²) in [5.41, 5.74) is 1.30. The Balaban J connectivity index is 2.45. The average molecular weight is 212 g/mol. The monoisotopic (exact) mass is 212 g/mol. The Kier molecular flexibility index (Phi) is 4.10. The van der Waals surface area contributed by atoms with Crippen molar-refractivity contribution in [2.45, 2.75) is 13.5 Å².